The molecule has 2 heterocycles. The second kappa shape index (κ2) is 8.27. The van der Waals surface area contributed by atoms with Crippen LogP contribution >= 0.6 is 11.8 Å². The Morgan fingerprint density at radius 2 is 1.59 bits per heavy atom. The molecule has 0 bridgehead atoms. The molecule has 0 aliphatic heterocycles. The molecule has 0 aliphatic rings. The Morgan fingerprint density at radius 3 is 2.34 bits per heavy atom. The Hall–Kier alpha value is -3.46. The van der Waals surface area contributed by atoms with Crippen LogP contribution in [0.3, 0.4) is 0 Å². The average molecular weight is 407 g/mol. The molecule has 2 aromatic carbocycles. The number of aromatic nitrogens is 4. The zero-order valence-corrected chi connectivity index (χ0v) is 16.6. The van der Waals surface area contributed by atoms with Gasteiger partial charge in [-0.25, -0.2) is 0 Å². The van der Waals surface area contributed by atoms with Gasteiger partial charge >= 0.3 is 6.01 Å². The highest BCUT2D eigenvalue weighted by Gasteiger charge is 2.14. The van der Waals surface area contributed by atoms with Crippen LogP contribution in [0, 0.1) is 13.8 Å². The van der Waals surface area contributed by atoms with Crippen molar-refractivity contribution < 1.29 is 13.6 Å². The third-order valence-corrected chi connectivity index (χ3v) is 4.71. The second-order valence-electron chi connectivity index (χ2n) is 6.36. The summed E-state index contributed by atoms with van der Waals surface area (Å²) in [6, 6.07) is 15.4. The standard InChI is InChI=1S/C20H17N5O3S/c1-12-8-13(2)10-15(9-12)18-23-25-20(28-18)29-11-16(26)21-19-24-22-17(27-19)14-6-4-3-5-7-14/h3-10H,11H2,1-2H3,(H,21,24,26). The highest BCUT2D eigenvalue weighted by molar-refractivity contribution is 7.99. The van der Waals surface area contributed by atoms with E-state index in [1.54, 1.807) is 0 Å². The number of hydrogen-bond acceptors (Lipinski definition) is 8. The molecule has 1 N–H and O–H groups in total. The molecular weight excluding hydrogens is 390 g/mol. The minimum Gasteiger partial charge on any atom is -0.411 e. The Bertz CT molecular complexity index is 1120. The number of carbonyl (C=O) groups excluding carboxylic acids is 1. The van der Waals surface area contributed by atoms with Crippen LogP contribution in [-0.4, -0.2) is 32.1 Å². The lowest BCUT2D eigenvalue weighted by Gasteiger charge is -2.00. The topological polar surface area (TPSA) is 107 Å². The van der Waals surface area contributed by atoms with Gasteiger partial charge in [-0.3, -0.25) is 10.1 Å². The Morgan fingerprint density at radius 1 is 0.897 bits per heavy atom. The van der Waals surface area contributed by atoms with E-state index in [4.69, 9.17) is 8.83 Å². The maximum absolute atomic E-state index is 12.1. The fraction of sp³-hybridized carbons (Fsp3) is 0.150. The van der Waals surface area contributed by atoms with Gasteiger partial charge in [0.2, 0.25) is 17.7 Å². The van der Waals surface area contributed by atoms with Gasteiger partial charge in [0.1, 0.15) is 0 Å². The van der Waals surface area contributed by atoms with E-state index in [-0.39, 0.29) is 17.7 Å². The number of nitrogens with zero attached hydrogens (tertiary/aromatic N) is 4. The van der Waals surface area contributed by atoms with E-state index >= 15 is 0 Å². The van der Waals surface area contributed by atoms with E-state index in [0.717, 1.165) is 34.0 Å². The third-order valence-electron chi connectivity index (χ3n) is 3.89. The molecule has 2 aromatic heterocycles. The second-order valence-corrected chi connectivity index (χ2v) is 7.29. The Balaban J connectivity index is 1.35. The van der Waals surface area contributed by atoms with Crippen molar-refractivity contribution in [2.24, 2.45) is 0 Å². The van der Waals surface area contributed by atoms with Crippen molar-refractivity contribution in [3.63, 3.8) is 0 Å². The summed E-state index contributed by atoms with van der Waals surface area (Å²) in [5, 5.41) is 18.7. The first kappa shape index (κ1) is 18.9. The molecule has 0 fully saturated rings. The number of rotatable bonds is 6. The summed E-state index contributed by atoms with van der Waals surface area (Å²) in [5.41, 5.74) is 3.85. The largest absolute Gasteiger partial charge is 0.411 e. The van der Waals surface area contributed by atoms with Gasteiger partial charge in [0, 0.05) is 11.1 Å². The summed E-state index contributed by atoms with van der Waals surface area (Å²) in [4.78, 5) is 12.1. The SMILES string of the molecule is Cc1cc(C)cc(-c2nnc(SCC(=O)Nc3nnc(-c4ccccc4)o3)o2)c1. The van der Waals surface area contributed by atoms with Crippen LogP contribution in [-0.2, 0) is 4.79 Å². The number of aryl methyl sites for hydroxylation is 2. The minimum absolute atomic E-state index is 0.0379. The molecular formula is C20H17N5O3S. The molecule has 0 unspecified atom stereocenters. The normalized spacial score (nSPS) is 10.8. The van der Waals surface area contributed by atoms with Crippen LogP contribution in [0.25, 0.3) is 22.9 Å². The van der Waals surface area contributed by atoms with Crippen molar-refractivity contribution in [1.82, 2.24) is 20.4 Å². The predicted octanol–water partition coefficient (Wildman–Crippen LogP) is 4.13. The number of benzene rings is 2. The molecule has 29 heavy (non-hydrogen) atoms. The first-order valence-corrected chi connectivity index (χ1v) is 9.79. The smallest absolute Gasteiger partial charge is 0.322 e. The summed E-state index contributed by atoms with van der Waals surface area (Å²) in [5.74, 6) is 0.509. The van der Waals surface area contributed by atoms with Gasteiger partial charge in [-0.2, -0.15) is 0 Å². The van der Waals surface area contributed by atoms with Crippen LogP contribution in [0.15, 0.2) is 62.6 Å². The summed E-state index contributed by atoms with van der Waals surface area (Å²) in [6.07, 6.45) is 0. The van der Waals surface area contributed by atoms with E-state index in [1.165, 1.54) is 0 Å². The molecule has 0 aliphatic carbocycles. The molecule has 1 amide bonds. The fourth-order valence-electron chi connectivity index (χ4n) is 2.74. The summed E-state index contributed by atoms with van der Waals surface area (Å²) < 4.78 is 11.1. The Labute approximate surface area is 170 Å². The molecule has 0 atom stereocenters. The first-order valence-electron chi connectivity index (χ1n) is 8.80. The summed E-state index contributed by atoms with van der Waals surface area (Å²) in [6.45, 7) is 4.02. The first-order chi connectivity index (χ1) is 14.1. The van der Waals surface area contributed by atoms with Gasteiger partial charge in [-0.15, -0.1) is 15.3 Å². The lowest BCUT2D eigenvalue weighted by molar-refractivity contribution is -0.113. The minimum atomic E-state index is -0.315. The maximum atomic E-state index is 12.1. The number of anilines is 1. The van der Waals surface area contributed by atoms with Gasteiger partial charge < -0.3 is 8.83 Å². The summed E-state index contributed by atoms with van der Waals surface area (Å²) in [7, 11) is 0. The Kier molecular flexibility index (Phi) is 5.39. The van der Waals surface area contributed by atoms with Crippen molar-refractivity contribution in [1.29, 1.82) is 0 Å². The number of nitrogens with one attached hydrogen (secondary N) is 1. The molecule has 4 aromatic rings. The molecule has 146 valence electrons. The molecule has 0 saturated carbocycles. The monoisotopic (exact) mass is 407 g/mol. The summed E-state index contributed by atoms with van der Waals surface area (Å²) >= 11 is 1.13. The van der Waals surface area contributed by atoms with E-state index in [1.807, 2.05) is 56.3 Å². The molecule has 0 saturated heterocycles. The lowest BCUT2D eigenvalue weighted by Crippen LogP contribution is -2.14. The molecule has 0 radical (unpaired) electrons. The lowest BCUT2D eigenvalue weighted by atomic mass is 10.1. The van der Waals surface area contributed by atoms with Gasteiger partial charge in [0.25, 0.3) is 5.22 Å². The highest BCUT2D eigenvalue weighted by atomic mass is 32.2. The van der Waals surface area contributed by atoms with Crippen LogP contribution < -0.4 is 5.32 Å². The van der Waals surface area contributed by atoms with E-state index in [0.29, 0.717) is 17.0 Å². The van der Waals surface area contributed by atoms with Gasteiger partial charge in [-0.1, -0.05) is 52.3 Å². The van der Waals surface area contributed by atoms with Crippen LogP contribution in [0.2, 0.25) is 0 Å². The van der Waals surface area contributed by atoms with E-state index in [2.05, 4.69) is 31.8 Å². The van der Waals surface area contributed by atoms with Crippen molar-refractivity contribution >= 4 is 23.7 Å². The molecule has 8 nitrogen and oxygen atoms in total. The number of carbonyl (C=O) groups is 1. The highest BCUT2D eigenvalue weighted by Crippen LogP contribution is 2.25. The van der Waals surface area contributed by atoms with Crippen molar-refractivity contribution in [3.05, 3.63) is 59.7 Å². The van der Waals surface area contributed by atoms with E-state index < -0.39 is 0 Å². The number of thioether (sulfide) groups is 1. The maximum Gasteiger partial charge on any atom is 0.322 e. The van der Waals surface area contributed by atoms with E-state index in [9.17, 15) is 4.79 Å². The van der Waals surface area contributed by atoms with Gasteiger partial charge in [0.15, 0.2) is 0 Å². The van der Waals surface area contributed by atoms with Crippen molar-refractivity contribution in [3.8, 4) is 22.9 Å². The number of amides is 1. The number of hydrogen-bond donors (Lipinski definition) is 1. The zero-order valence-electron chi connectivity index (χ0n) is 15.7. The fourth-order valence-corrected chi connectivity index (χ4v) is 3.30. The van der Waals surface area contributed by atoms with Crippen LogP contribution in [0.4, 0.5) is 6.01 Å². The van der Waals surface area contributed by atoms with Crippen molar-refractivity contribution in [2.75, 3.05) is 11.1 Å². The van der Waals surface area contributed by atoms with Gasteiger partial charge in [0.05, 0.1) is 5.75 Å². The van der Waals surface area contributed by atoms with Crippen LogP contribution in [0.1, 0.15) is 11.1 Å². The third kappa shape index (κ3) is 4.69. The van der Waals surface area contributed by atoms with Crippen molar-refractivity contribution in [2.45, 2.75) is 19.1 Å². The average Bonchev–Trinajstić information content (AvgIpc) is 3.36. The molecule has 0 spiro atoms. The predicted molar refractivity (Wildman–Crippen MR) is 108 cm³/mol. The quantitative estimate of drug-likeness (QED) is 0.475. The molecule has 9 heteroatoms. The van der Waals surface area contributed by atoms with Gasteiger partial charge in [-0.05, 0) is 38.1 Å². The van der Waals surface area contributed by atoms with Crippen LogP contribution in [0.5, 0.6) is 0 Å². The zero-order chi connectivity index (χ0) is 20.2. The molecule has 4 rings (SSSR count).